The molecule has 3 unspecified atom stereocenters. The average molecular weight is 254 g/mol. The maximum atomic E-state index is 5.79. The molecular formula is C15H30N2O. The smallest absolute Gasteiger partial charge is 0.0576 e. The standard InChI is InChI=1S/C15H30N2O/c1-15(2)10-4-8-13(15)14(17-16)9-3-6-12-7-5-11-18-12/h12-14,17H,3-11,16H2,1-2H3. The Hall–Kier alpha value is -0.120. The first-order valence-corrected chi connectivity index (χ1v) is 7.71. The first-order chi connectivity index (χ1) is 8.63. The molecule has 2 aliphatic rings. The SMILES string of the molecule is CC1(C)CCCC1C(CCCC1CCCO1)NN. The summed E-state index contributed by atoms with van der Waals surface area (Å²) < 4.78 is 5.68. The summed E-state index contributed by atoms with van der Waals surface area (Å²) in [4.78, 5) is 0. The van der Waals surface area contributed by atoms with E-state index in [1.807, 2.05) is 0 Å². The molecule has 0 bridgehead atoms. The van der Waals surface area contributed by atoms with E-state index in [2.05, 4.69) is 19.3 Å². The van der Waals surface area contributed by atoms with Crippen LogP contribution in [0.5, 0.6) is 0 Å². The van der Waals surface area contributed by atoms with Crippen LogP contribution in [0.3, 0.4) is 0 Å². The van der Waals surface area contributed by atoms with Crippen LogP contribution in [0.15, 0.2) is 0 Å². The molecule has 1 saturated carbocycles. The maximum Gasteiger partial charge on any atom is 0.0576 e. The second kappa shape index (κ2) is 6.36. The van der Waals surface area contributed by atoms with Crippen LogP contribution in [-0.2, 0) is 4.74 Å². The lowest BCUT2D eigenvalue weighted by molar-refractivity contribution is 0.0987. The summed E-state index contributed by atoms with van der Waals surface area (Å²) in [5.74, 6) is 6.53. The van der Waals surface area contributed by atoms with E-state index >= 15 is 0 Å². The number of nitrogens with two attached hydrogens (primary N) is 1. The molecule has 3 N–H and O–H groups in total. The van der Waals surface area contributed by atoms with Gasteiger partial charge in [0, 0.05) is 12.6 Å². The molecule has 18 heavy (non-hydrogen) atoms. The largest absolute Gasteiger partial charge is 0.378 e. The Balaban J connectivity index is 1.74. The first kappa shape index (κ1) is 14.3. The molecular weight excluding hydrogens is 224 g/mol. The van der Waals surface area contributed by atoms with Crippen molar-refractivity contribution < 1.29 is 4.74 Å². The van der Waals surface area contributed by atoms with Gasteiger partial charge in [-0.3, -0.25) is 11.3 Å². The van der Waals surface area contributed by atoms with E-state index in [1.54, 1.807) is 0 Å². The van der Waals surface area contributed by atoms with Gasteiger partial charge >= 0.3 is 0 Å². The highest BCUT2D eigenvalue weighted by Crippen LogP contribution is 2.45. The van der Waals surface area contributed by atoms with Gasteiger partial charge in [-0.1, -0.05) is 20.3 Å². The Bertz CT molecular complexity index is 249. The van der Waals surface area contributed by atoms with E-state index < -0.39 is 0 Å². The minimum Gasteiger partial charge on any atom is -0.378 e. The number of hydrogen-bond acceptors (Lipinski definition) is 3. The fourth-order valence-corrected chi connectivity index (χ4v) is 3.94. The van der Waals surface area contributed by atoms with Crippen LogP contribution in [0.2, 0.25) is 0 Å². The number of rotatable bonds is 6. The molecule has 1 aliphatic heterocycles. The lowest BCUT2D eigenvalue weighted by Crippen LogP contribution is -2.44. The van der Waals surface area contributed by atoms with E-state index in [1.165, 1.54) is 51.4 Å². The molecule has 0 spiro atoms. The quantitative estimate of drug-likeness (QED) is 0.566. The summed E-state index contributed by atoms with van der Waals surface area (Å²) in [6, 6.07) is 0.490. The highest BCUT2D eigenvalue weighted by molar-refractivity contribution is 4.91. The van der Waals surface area contributed by atoms with Crippen molar-refractivity contribution in [2.45, 2.75) is 77.4 Å². The summed E-state index contributed by atoms with van der Waals surface area (Å²) >= 11 is 0. The number of ether oxygens (including phenoxy) is 1. The van der Waals surface area contributed by atoms with Gasteiger partial charge in [-0.15, -0.1) is 0 Å². The Kier molecular flexibility index (Phi) is 5.05. The zero-order valence-electron chi connectivity index (χ0n) is 12.1. The van der Waals surface area contributed by atoms with Crippen molar-refractivity contribution in [1.82, 2.24) is 5.43 Å². The molecule has 3 nitrogen and oxygen atoms in total. The van der Waals surface area contributed by atoms with Gasteiger partial charge in [-0.05, 0) is 56.3 Å². The molecule has 0 aromatic heterocycles. The van der Waals surface area contributed by atoms with Crippen molar-refractivity contribution >= 4 is 0 Å². The van der Waals surface area contributed by atoms with Crippen LogP contribution in [0.25, 0.3) is 0 Å². The zero-order chi connectivity index (χ0) is 13.0. The van der Waals surface area contributed by atoms with Crippen LogP contribution >= 0.6 is 0 Å². The van der Waals surface area contributed by atoms with Gasteiger partial charge in [0.25, 0.3) is 0 Å². The van der Waals surface area contributed by atoms with Crippen molar-refractivity contribution in [3.63, 3.8) is 0 Å². The Morgan fingerprint density at radius 2 is 2.17 bits per heavy atom. The second-order valence-electron chi connectivity index (χ2n) is 6.83. The topological polar surface area (TPSA) is 47.3 Å². The van der Waals surface area contributed by atoms with Crippen LogP contribution in [0.1, 0.15) is 65.2 Å². The maximum absolute atomic E-state index is 5.79. The second-order valence-corrected chi connectivity index (χ2v) is 6.83. The van der Waals surface area contributed by atoms with Gasteiger partial charge < -0.3 is 4.74 Å². The predicted octanol–water partition coefficient (Wildman–Crippen LogP) is 2.99. The molecule has 3 atom stereocenters. The van der Waals surface area contributed by atoms with Crippen LogP contribution in [-0.4, -0.2) is 18.8 Å². The molecule has 106 valence electrons. The Morgan fingerprint density at radius 3 is 2.72 bits per heavy atom. The molecule has 2 fully saturated rings. The van der Waals surface area contributed by atoms with Crippen LogP contribution in [0.4, 0.5) is 0 Å². The third-order valence-corrected chi connectivity index (χ3v) is 5.11. The summed E-state index contributed by atoms with van der Waals surface area (Å²) in [6.45, 7) is 5.77. The van der Waals surface area contributed by atoms with Gasteiger partial charge in [0.2, 0.25) is 0 Å². The molecule has 1 aliphatic carbocycles. The summed E-state index contributed by atoms with van der Waals surface area (Å²) in [5, 5.41) is 0. The minimum atomic E-state index is 0.459. The predicted molar refractivity (Wildman–Crippen MR) is 75.1 cm³/mol. The van der Waals surface area contributed by atoms with Crippen molar-refractivity contribution in [2.24, 2.45) is 17.2 Å². The average Bonchev–Trinajstić information content (AvgIpc) is 2.94. The highest BCUT2D eigenvalue weighted by atomic mass is 16.5. The molecule has 1 saturated heterocycles. The lowest BCUT2D eigenvalue weighted by Gasteiger charge is -2.34. The van der Waals surface area contributed by atoms with Gasteiger partial charge in [0.05, 0.1) is 6.10 Å². The van der Waals surface area contributed by atoms with Crippen LogP contribution < -0.4 is 11.3 Å². The van der Waals surface area contributed by atoms with Gasteiger partial charge in [-0.25, -0.2) is 0 Å². The first-order valence-electron chi connectivity index (χ1n) is 7.71. The molecule has 0 aromatic carbocycles. The summed E-state index contributed by atoms with van der Waals surface area (Å²) in [5.41, 5.74) is 3.54. The minimum absolute atomic E-state index is 0.459. The molecule has 1 heterocycles. The lowest BCUT2D eigenvalue weighted by atomic mass is 9.76. The van der Waals surface area contributed by atoms with E-state index in [4.69, 9.17) is 10.6 Å². The fourth-order valence-electron chi connectivity index (χ4n) is 3.94. The summed E-state index contributed by atoms with van der Waals surface area (Å²) in [6.07, 6.45) is 10.7. The molecule has 2 rings (SSSR count). The summed E-state index contributed by atoms with van der Waals surface area (Å²) in [7, 11) is 0. The van der Waals surface area contributed by atoms with Gasteiger partial charge in [0.1, 0.15) is 0 Å². The highest BCUT2D eigenvalue weighted by Gasteiger charge is 2.38. The Labute approximate surface area is 112 Å². The van der Waals surface area contributed by atoms with E-state index in [9.17, 15) is 0 Å². The molecule has 3 heteroatoms. The number of hydrazine groups is 1. The number of nitrogens with one attached hydrogen (secondary N) is 1. The third-order valence-electron chi connectivity index (χ3n) is 5.11. The van der Waals surface area contributed by atoms with Gasteiger partial charge in [-0.2, -0.15) is 0 Å². The van der Waals surface area contributed by atoms with Crippen molar-refractivity contribution in [3.05, 3.63) is 0 Å². The molecule has 0 amide bonds. The van der Waals surface area contributed by atoms with Crippen LogP contribution in [0, 0.1) is 11.3 Å². The van der Waals surface area contributed by atoms with E-state index in [-0.39, 0.29) is 0 Å². The van der Waals surface area contributed by atoms with Crippen molar-refractivity contribution in [3.8, 4) is 0 Å². The normalized spacial score (nSPS) is 32.8. The van der Waals surface area contributed by atoms with E-state index in [0.717, 1.165) is 12.5 Å². The van der Waals surface area contributed by atoms with Crippen molar-refractivity contribution in [1.29, 1.82) is 0 Å². The molecule has 0 radical (unpaired) electrons. The van der Waals surface area contributed by atoms with Gasteiger partial charge in [0.15, 0.2) is 0 Å². The Morgan fingerprint density at radius 1 is 1.33 bits per heavy atom. The number of hydrogen-bond donors (Lipinski definition) is 2. The van der Waals surface area contributed by atoms with Crippen molar-refractivity contribution in [2.75, 3.05) is 6.61 Å². The van der Waals surface area contributed by atoms with E-state index in [0.29, 0.717) is 17.6 Å². The fraction of sp³-hybridized carbons (Fsp3) is 1.00. The molecule has 0 aromatic rings. The third kappa shape index (κ3) is 3.46. The monoisotopic (exact) mass is 254 g/mol. The zero-order valence-corrected chi connectivity index (χ0v) is 12.1.